The maximum Gasteiger partial charge on any atom is 0.295 e. The predicted molar refractivity (Wildman–Crippen MR) is 112 cm³/mol. The number of carbonyl (C=O) groups excluding carboxylic acids is 2. The summed E-state index contributed by atoms with van der Waals surface area (Å²) >= 11 is 0. The Morgan fingerprint density at radius 1 is 1.17 bits per heavy atom. The van der Waals surface area contributed by atoms with Crippen molar-refractivity contribution in [2.45, 2.75) is 13.0 Å². The molecule has 6 nitrogen and oxygen atoms in total. The normalized spacial score (nSPS) is 18.3. The minimum atomic E-state index is -1.01. The van der Waals surface area contributed by atoms with Crippen LogP contribution in [-0.2, 0) is 9.59 Å². The zero-order valence-corrected chi connectivity index (χ0v) is 17.3. The van der Waals surface area contributed by atoms with E-state index in [1.165, 1.54) is 23.1 Å². The van der Waals surface area contributed by atoms with Crippen LogP contribution in [0.15, 0.2) is 54.1 Å². The smallest absolute Gasteiger partial charge is 0.295 e. The first-order chi connectivity index (χ1) is 14.3. The molecule has 1 saturated heterocycles. The lowest BCUT2D eigenvalue weighted by molar-refractivity contribution is -0.140. The predicted octanol–water partition coefficient (Wildman–Crippen LogP) is 3.21. The lowest BCUT2D eigenvalue weighted by Gasteiger charge is -2.26. The summed E-state index contributed by atoms with van der Waals surface area (Å²) in [6.07, 6.45) is 0. The van der Waals surface area contributed by atoms with E-state index in [-0.39, 0.29) is 23.4 Å². The van der Waals surface area contributed by atoms with Crippen LogP contribution in [0.1, 0.15) is 24.1 Å². The zero-order chi connectivity index (χ0) is 21.8. The van der Waals surface area contributed by atoms with E-state index in [1.807, 2.05) is 25.9 Å². The second-order valence-corrected chi connectivity index (χ2v) is 7.28. The van der Waals surface area contributed by atoms with Crippen molar-refractivity contribution in [1.29, 1.82) is 0 Å². The summed E-state index contributed by atoms with van der Waals surface area (Å²) in [6.45, 7) is 2.97. The fourth-order valence-corrected chi connectivity index (χ4v) is 3.49. The summed E-state index contributed by atoms with van der Waals surface area (Å²) in [5.74, 6) is -1.97. The first kappa shape index (κ1) is 21.5. The van der Waals surface area contributed by atoms with Crippen molar-refractivity contribution in [2.75, 3.05) is 33.8 Å². The van der Waals surface area contributed by atoms with Crippen molar-refractivity contribution < 1.29 is 23.8 Å². The van der Waals surface area contributed by atoms with Gasteiger partial charge in [-0.1, -0.05) is 30.3 Å². The number of nitrogens with zero attached hydrogens (tertiary/aromatic N) is 2. The second kappa shape index (κ2) is 9.09. The summed E-state index contributed by atoms with van der Waals surface area (Å²) in [5.41, 5.74) is 0.364. The van der Waals surface area contributed by atoms with Crippen molar-refractivity contribution in [3.05, 3.63) is 71.0 Å². The molecular weight excluding hydrogens is 387 g/mol. The first-order valence-corrected chi connectivity index (χ1v) is 9.76. The summed E-state index contributed by atoms with van der Waals surface area (Å²) in [4.78, 5) is 28.9. The number of ketones is 1. The topological polar surface area (TPSA) is 70.1 Å². The highest BCUT2D eigenvalue weighted by molar-refractivity contribution is 6.46. The van der Waals surface area contributed by atoms with E-state index in [2.05, 4.69) is 0 Å². The molecule has 0 saturated carbocycles. The van der Waals surface area contributed by atoms with Gasteiger partial charge in [0, 0.05) is 24.2 Å². The maximum absolute atomic E-state index is 14.7. The van der Waals surface area contributed by atoms with Crippen molar-refractivity contribution in [3.8, 4) is 5.75 Å². The molecule has 1 unspecified atom stereocenters. The van der Waals surface area contributed by atoms with Crippen LogP contribution in [0.3, 0.4) is 0 Å². The Kier molecular flexibility index (Phi) is 6.52. The molecule has 0 aliphatic carbocycles. The van der Waals surface area contributed by atoms with Crippen LogP contribution in [0.5, 0.6) is 5.75 Å². The molecule has 1 amide bonds. The molecule has 2 aromatic carbocycles. The largest absolute Gasteiger partial charge is 0.507 e. The lowest BCUT2D eigenvalue weighted by atomic mass is 9.95. The summed E-state index contributed by atoms with van der Waals surface area (Å²) in [7, 11) is 3.68. The van der Waals surface area contributed by atoms with Crippen LogP contribution in [0.25, 0.3) is 5.76 Å². The maximum atomic E-state index is 14.7. The van der Waals surface area contributed by atoms with E-state index >= 15 is 0 Å². The van der Waals surface area contributed by atoms with E-state index in [0.717, 1.165) is 0 Å². The molecule has 0 aromatic heterocycles. The highest BCUT2D eigenvalue weighted by atomic mass is 19.1. The fraction of sp³-hybridized carbons (Fsp3) is 0.304. The molecule has 2 aromatic rings. The first-order valence-electron chi connectivity index (χ1n) is 9.76. The van der Waals surface area contributed by atoms with Gasteiger partial charge >= 0.3 is 0 Å². The molecule has 0 spiro atoms. The molecule has 1 fully saturated rings. The van der Waals surface area contributed by atoms with Crippen molar-refractivity contribution in [2.24, 2.45) is 0 Å². The molecule has 1 aliphatic heterocycles. The monoisotopic (exact) mass is 412 g/mol. The lowest BCUT2D eigenvalue weighted by Crippen LogP contribution is -2.35. The van der Waals surface area contributed by atoms with Gasteiger partial charge in [-0.15, -0.1) is 0 Å². The SMILES string of the molecule is CCOc1cccc(/C(O)=C2\C(=O)C(=O)N(CCN(C)C)C2c2ccccc2F)c1. The molecule has 1 heterocycles. The van der Waals surface area contributed by atoms with Gasteiger partial charge in [0.1, 0.15) is 17.3 Å². The summed E-state index contributed by atoms with van der Waals surface area (Å²) in [5, 5.41) is 11.0. The Hall–Kier alpha value is -3.19. The highest BCUT2D eigenvalue weighted by Crippen LogP contribution is 2.40. The average molecular weight is 412 g/mol. The number of hydrogen-bond donors (Lipinski definition) is 1. The van der Waals surface area contributed by atoms with Gasteiger partial charge in [-0.3, -0.25) is 9.59 Å². The molecule has 30 heavy (non-hydrogen) atoms. The fourth-order valence-electron chi connectivity index (χ4n) is 3.49. The third-order valence-corrected chi connectivity index (χ3v) is 4.95. The molecule has 1 atom stereocenters. The van der Waals surface area contributed by atoms with Crippen LogP contribution >= 0.6 is 0 Å². The number of likely N-dealkylation sites (tertiary alicyclic amines) is 1. The number of ether oxygens (including phenoxy) is 1. The molecule has 0 radical (unpaired) electrons. The summed E-state index contributed by atoms with van der Waals surface area (Å²) in [6, 6.07) is 11.6. The molecule has 158 valence electrons. The number of amides is 1. The van der Waals surface area contributed by atoms with E-state index in [9.17, 15) is 19.1 Å². The molecule has 3 rings (SSSR count). The zero-order valence-electron chi connectivity index (χ0n) is 17.3. The van der Waals surface area contributed by atoms with Crippen LogP contribution < -0.4 is 4.74 Å². The van der Waals surface area contributed by atoms with Gasteiger partial charge < -0.3 is 19.6 Å². The third-order valence-electron chi connectivity index (χ3n) is 4.95. The second-order valence-electron chi connectivity index (χ2n) is 7.28. The Labute approximate surface area is 175 Å². The Morgan fingerprint density at radius 3 is 2.57 bits per heavy atom. The van der Waals surface area contributed by atoms with E-state index < -0.39 is 23.5 Å². The van der Waals surface area contributed by atoms with Gasteiger partial charge in [-0.25, -0.2) is 4.39 Å². The number of carbonyl (C=O) groups is 2. The number of halogens is 1. The minimum Gasteiger partial charge on any atom is -0.507 e. The molecule has 1 N–H and O–H groups in total. The number of hydrogen-bond acceptors (Lipinski definition) is 5. The van der Waals surface area contributed by atoms with Gasteiger partial charge in [-0.2, -0.15) is 0 Å². The molecule has 1 aliphatic rings. The van der Waals surface area contributed by atoms with Crippen LogP contribution in [0.4, 0.5) is 4.39 Å². The Morgan fingerprint density at radius 2 is 1.90 bits per heavy atom. The van der Waals surface area contributed by atoms with Gasteiger partial charge in [0.15, 0.2) is 0 Å². The number of likely N-dealkylation sites (N-methyl/N-ethyl adjacent to an activating group) is 1. The number of Topliss-reactive ketones (excluding diaryl/α,β-unsaturated/α-hetero) is 1. The van der Waals surface area contributed by atoms with Crippen molar-refractivity contribution >= 4 is 17.4 Å². The quantitative estimate of drug-likeness (QED) is 0.430. The van der Waals surface area contributed by atoms with Crippen LogP contribution in [-0.4, -0.2) is 60.4 Å². The summed E-state index contributed by atoms with van der Waals surface area (Å²) < 4.78 is 20.2. The van der Waals surface area contributed by atoms with Gasteiger partial charge in [0.25, 0.3) is 11.7 Å². The molecule has 7 heteroatoms. The Balaban J connectivity index is 2.15. The number of aliphatic hydroxyl groups excluding tert-OH is 1. The van der Waals surface area contributed by atoms with E-state index in [0.29, 0.717) is 24.5 Å². The standard InChI is InChI=1S/C23H25FN2O4/c1-4-30-16-9-7-8-15(14-16)21(27)19-20(17-10-5-6-11-18(17)24)26(13-12-25(2)3)23(29)22(19)28/h5-11,14,20,27H,4,12-13H2,1-3H3/b21-19+. The average Bonchev–Trinajstić information content (AvgIpc) is 2.97. The van der Waals surface area contributed by atoms with E-state index in [4.69, 9.17) is 4.74 Å². The minimum absolute atomic E-state index is 0.127. The number of rotatable bonds is 7. The van der Waals surface area contributed by atoms with Gasteiger partial charge in [0.2, 0.25) is 0 Å². The third kappa shape index (κ3) is 4.21. The van der Waals surface area contributed by atoms with Crippen LogP contribution in [0, 0.1) is 5.82 Å². The Bertz CT molecular complexity index is 987. The van der Waals surface area contributed by atoms with Crippen LogP contribution in [0.2, 0.25) is 0 Å². The number of benzene rings is 2. The van der Waals surface area contributed by atoms with E-state index in [1.54, 1.807) is 30.3 Å². The number of aliphatic hydroxyl groups is 1. The van der Waals surface area contributed by atoms with Gasteiger partial charge in [-0.05, 0) is 39.2 Å². The van der Waals surface area contributed by atoms with Gasteiger partial charge in [0.05, 0.1) is 18.2 Å². The molecular formula is C23H25FN2O4. The van der Waals surface area contributed by atoms with Crippen molar-refractivity contribution in [3.63, 3.8) is 0 Å². The molecule has 0 bridgehead atoms. The van der Waals surface area contributed by atoms with Crippen molar-refractivity contribution in [1.82, 2.24) is 9.80 Å². The highest BCUT2D eigenvalue weighted by Gasteiger charge is 2.46.